The number of aromatic nitrogens is 1. The molecule has 168 valence electrons. The van der Waals surface area contributed by atoms with E-state index in [9.17, 15) is 22.8 Å². The number of hydrogen-bond donors (Lipinski definition) is 3. The third-order valence-electron chi connectivity index (χ3n) is 4.45. The van der Waals surface area contributed by atoms with E-state index in [4.69, 9.17) is 11.6 Å². The topological polar surface area (TPSA) is 83.1 Å². The van der Waals surface area contributed by atoms with Crippen molar-refractivity contribution in [3.8, 4) is 0 Å². The lowest BCUT2D eigenvalue weighted by atomic mass is 10.0. The molecule has 0 fully saturated rings. The number of alkyl halides is 3. The highest BCUT2D eigenvalue weighted by Gasteiger charge is 2.31. The number of halogens is 4. The molecule has 0 aliphatic carbocycles. The molecule has 0 aliphatic heterocycles. The van der Waals surface area contributed by atoms with Crippen molar-refractivity contribution in [3.05, 3.63) is 58.9 Å². The van der Waals surface area contributed by atoms with E-state index in [1.54, 1.807) is 38.4 Å². The Bertz CT molecular complexity index is 892. The summed E-state index contributed by atoms with van der Waals surface area (Å²) in [6.45, 7) is 4.05. The maximum absolute atomic E-state index is 12.8. The van der Waals surface area contributed by atoms with Crippen LogP contribution < -0.4 is 16.0 Å². The molecule has 0 unspecified atom stereocenters. The van der Waals surface area contributed by atoms with Crippen LogP contribution in [-0.4, -0.2) is 29.4 Å². The highest BCUT2D eigenvalue weighted by molar-refractivity contribution is 6.33. The van der Waals surface area contributed by atoms with E-state index in [0.717, 1.165) is 17.7 Å². The van der Waals surface area contributed by atoms with Gasteiger partial charge >= 0.3 is 6.18 Å². The Morgan fingerprint density at radius 1 is 1.10 bits per heavy atom. The first-order chi connectivity index (χ1) is 14.6. The predicted molar refractivity (Wildman–Crippen MR) is 112 cm³/mol. The minimum absolute atomic E-state index is 0.0860. The molecule has 3 N–H and O–H groups in total. The zero-order chi connectivity index (χ0) is 23.0. The van der Waals surface area contributed by atoms with E-state index < -0.39 is 17.8 Å². The van der Waals surface area contributed by atoms with Gasteiger partial charge in [-0.2, -0.15) is 13.2 Å². The second-order valence-corrected chi connectivity index (χ2v) is 7.64. The van der Waals surface area contributed by atoms with Crippen LogP contribution in [0.15, 0.2) is 42.7 Å². The Labute approximate surface area is 183 Å². The molecule has 31 heavy (non-hydrogen) atoms. The van der Waals surface area contributed by atoms with Crippen molar-refractivity contribution in [2.45, 2.75) is 39.0 Å². The summed E-state index contributed by atoms with van der Waals surface area (Å²) in [6.07, 6.45) is -1.16. The molecule has 1 aromatic heterocycles. The standard InChI is InChI=1S/C21H24ClF3N4O2/c1-13(2)19(29-17-4-3-15(11-16(17)22)21(23,24)25)20(31)27-10-7-18(30)28-12-14-5-8-26-9-6-14/h3-6,8-9,11,13,19,29H,7,10,12H2,1-2H3,(H,27,31)(H,28,30)/t19-/m0/s1. The number of carbonyl (C=O) groups excluding carboxylic acids is 2. The number of rotatable bonds is 9. The number of nitrogens with zero attached hydrogens (tertiary/aromatic N) is 1. The minimum atomic E-state index is -4.50. The van der Waals surface area contributed by atoms with Gasteiger partial charge in [0.2, 0.25) is 11.8 Å². The molecule has 0 radical (unpaired) electrons. The minimum Gasteiger partial charge on any atom is -0.372 e. The number of hydrogen-bond acceptors (Lipinski definition) is 4. The van der Waals surface area contributed by atoms with Crippen LogP contribution in [0.5, 0.6) is 0 Å². The van der Waals surface area contributed by atoms with Crippen LogP contribution in [0.2, 0.25) is 5.02 Å². The van der Waals surface area contributed by atoms with Gasteiger partial charge in [-0.15, -0.1) is 0 Å². The van der Waals surface area contributed by atoms with Gasteiger partial charge in [-0.05, 0) is 41.8 Å². The largest absolute Gasteiger partial charge is 0.416 e. The first-order valence-corrected chi connectivity index (χ1v) is 10.0. The predicted octanol–water partition coefficient (Wildman–Crippen LogP) is 4.01. The molecule has 10 heteroatoms. The summed E-state index contributed by atoms with van der Waals surface area (Å²) in [4.78, 5) is 28.4. The fourth-order valence-corrected chi connectivity index (χ4v) is 2.94. The second-order valence-electron chi connectivity index (χ2n) is 7.23. The number of anilines is 1. The molecule has 2 amide bonds. The maximum atomic E-state index is 12.8. The molecule has 2 rings (SSSR count). The van der Waals surface area contributed by atoms with Gasteiger partial charge < -0.3 is 16.0 Å². The van der Waals surface area contributed by atoms with Gasteiger partial charge in [0.05, 0.1) is 16.3 Å². The summed E-state index contributed by atoms with van der Waals surface area (Å²) in [6, 6.07) is 5.73. The summed E-state index contributed by atoms with van der Waals surface area (Å²) in [7, 11) is 0. The third kappa shape index (κ3) is 7.75. The fraction of sp³-hybridized carbons (Fsp3) is 0.381. The molecule has 0 spiro atoms. The average Bonchev–Trinajstić information content (AvgIpc) is 2.71. The Hall–Kier alpha value is -2.81. The van der Waals surface area contributed by atoms with Crippen LogP contribution in [0.25, 0.3) is 0 Å². The van der Waals surface area contributed by atoms with Gasteiger partial charge in [-0.25, -0.2) is 0 Å². The summed E-state index contributed by atoms with van der Waals surface area (Å²) in [5.74, 6) is -0.788. The maximum Gasteiger partial charge on any atom is 0.416 e. The highest BCUT2D eigenvalue weighted by Crippen LogP contribution is 2.34. The van der Waals surface area contributed by atoms with Gasteiger partial charge in [-0.1, -0.05) is 25.4 Å². The molecule has 0 bridgehead atoms. The average molecular weight is 457 g/mol. The summed E-state index contributed by atoms with van der Waals surface area (Å²) in [5, 5.41) is 8.18. The van der Waals surface area contributed by atoms with Gasteiger partial charge in [0, 0.05) is 31.9 Å². The molecule has 0 saturated heterocycles. The van der Waals surface area contributed by atoms with Crippen molar-refractivity contribution in [3.63, 3.8) is 0 Å². The fourth-order valence-electron chi connectivity index (χ4n) is 2.71. The molecule has 1 atom stereocenters. The molecule has 6 nitrogen and oxygen atoms in total. The second kappa shape index (κ2) is 11.0. The quantitative estimate of drug-likeness (QED) is 0.532. The van der Waals surface area contributed by atoms with Crippen LogP contribution >= 0.6 is 11.6 Å². The summed E-state index contributed by atoms with van der Waals surface area (Å²) >= 11 is 5.97. The molecule has 2 aromatic rings. The van der Waals surface area contributed by atoms with E-state index >= 15 is 0 Å². The Morgan fingerprint density at radius 3 is 2.35 bits per heavy atom. The van der Waals surface area contributed by atoms with Crippen molar-refractivity contribution in [2.24, 2.45) is 5.92 Å². The van der Waals surface area contributed by atoms with Crippen molar-refractivity contribution < 1.29 is 22.8 Å². The Kier molecular flexibility index (Phi) is 8.67. The molecular formula is C21H24ClF3N4O2. The number of amides is 2. The normalized spacial score (nSPS) is 12.4. The summed E-state index contributed by atoms with van der Waals surface area (Å²) in [5.41, 5.74) is 0.259. The van der Waals surface area contributed by atoms with Gasteiger partial charge in [-0.3, -0.25) is 14.6 Å². The van der Waals surface area contributed by atoms with Crippen molar-refractivity contribution >= 4 is 29.1 Å². The van der Waals surface area contributed by atoms with E-state index in [2.05, 4.69) is 20.9 Å². The van der Waals surface area contributed by atoms with Gasteiger partial charge in [0.15, 0.2) is 0 Å². The van der Waals surface area contributed by atoms with Gasteiger partial charge in [0.25, 0.3) is 0 Å². The number of nitrogens with one attached hydrogen (secondary N) is 3. The van der Waals surface area contributed by atoms with Crippen LogP contribution in [0.1, 0.15) is 31.4 Å². The Balaban J connectivity index is 1.87. The van der Waals surface area contributed by atoms with Crippen LogP contribution in [-0.2, 0) is 22.3 Å². The smallest absolute Gasteiger partial charge is 0.372 e. The van der Waals surface area contributed by atoms with Crippen molar-refractivity contribution in [1.82, 2.24) is 15.6 Å². The lowest BCUT2D eigenvalue weighted by Crippen LogP contribution is -2.44. The molecule has 0 aliphatic rings. The number of carbonyl (C=O) groups is 2. The highest BCUT2D eigenvalue weighted by atomic mass is 35.5. The molecule has 0 saturated carbocycles. The molecular weight excluding hydrogens is 433 g/mol. The number of benzene rings is 1. The lowest BCUT2D eigenvalue weighted by molar-refractivity contribution is -0.137. The van der Waals surface area contributed by atoms with Crippen molar-refractivity contribution in [1.29, 1.82) is 0 Å². The number of pyridine rings is 1. The zero-order valence-corrected chi connectivity index (χ0v) is 17.8. The van der Waals surface area contributed by atoms with Crippen molar-refractivity contribution in [2.75, 3.05) is 11.9 Å². The van der Waals surface area contributed by atoms with Crippen LogP contribution in [0.3, 0.4) is 0 Å². The SMILES string of the molecule is CC(C)[C@H](Nc1ccc(C(F)(F)F)cc1Cl)C(=O)NCCC(=O)NCc1ccncc1. The zero-order valence-electron chi connectivity index (χ0n) is 17.1. The molecule has 1 aromatic carbocycles. The van der Waals surface area contributed by atoms with Crippen LogP contribution in [0, 0.1) is 5.92 Å². The van der Waals surface area contributed by atoms with E-state index in [1.165, 1.54) is 6.07 Å². The van der Waals surface area contributed by atoms with E-state index in [-0.39, 0.29) is 41.4 Å². The third-order valence-corrected chi connectivity index (χ3v) is 4.76. The van der Waals surface area contributed by atoms with E-state index in [1.807, 2.05) is 0 Å². The van der Waals surface area contributed by atoms with Gasteiger partial charge in [0.1, 0.15) is 6.04 Å². The first-order valence-electron chi connectivity index (χ1n) is 9.64. The van der Waals surface area contributed by atoms with Crippen LogP contribution in [0.4, 0.5) is 18.9 Å². The monoisotopic (exact) mass is 456 g/mol. The lowest BCUT2D eigenvalue weighted by Gasteiger charge is -2.23. The van der Waals surface area contributed by atoms with E-state index in [0.29, 0.717) is 6.54 Å². The molecule has 1 heterocycles. The summed E-state index contributed by atoms with van der Waals surface area (Å²) < 4.78 is 38.4. The Morgan fingerprint density at radius 2 is 1.77 bits per heavy atom. The first kappa shape index (κ1) is 24.5.